The number of hydrogen-bond acceptors (Lipinski definition) is 5. The highest BCUT2D eigenvalue weighted by Crippen LogP contribution is 2.11. The first-order valence-electron chi connectivity index (χ1n) is 5.75. The molecule has 0 bridgehead atoms. The highest BCUT2D eigenvalue weighted by atomic mass is 32.3. The molecule has 21 heavy (non-hydrogen) atoms. The average Bonchev–Trinajstić information content (AvgIpc) is 2.66. The summed E-state index contributed by atoms with van der Waals surface area (Å²) in [6.45, 7) is 4.74. The van der Waals surface area contributed by atoms with Gasteiger partial charge in [-0.25, -0.2) is 26.0 Å². The van der Waals surface area contributed by atoms with E-state index < -0.39 is 20.8 Å². The Bertz CT molecular complexity index is 585. The zero-order valence-corrected chi connectivity index (χ0v) is 13.1. The maximum atomic E-state index is 11.1. The van der Waals surface area contributed by atoms with Crippen LogP contribution in [-0.2, 0) is 39.1 Å². The van der Waals surface area contributed by atoms with Crippen molar-refractivity contribution in [2.24, 2.45) is 7.05 Å². The fraction of sp³-hybridized carbons (Fsp3) is 0.667. The van der Waals surface area contributed by atoms with Crippen molar-refractivity contribution in [3.05, 3.63) is 22.8 Å². The van der Waals surface area contributed by atoms with Gasteiger partial charge in [-0.3, -0.25) is 0 Å². The smallest absolute Gasteiger partial charge is 0.243 e. The summed E-state index contributed by atoms with van der Waals surface area (Å²) in [6, 6.07) is 0. The van der Waals surface area contributed by atoms with Gasteiger partial charge in [0.05, 0.1) is 13.7 Å². The number of aromatic nitrogens is 2. The molecule has 1 aromatic heterocycles. The van der Waals surface area contributed by atoms with Crippen molar-refractivity contribution >= 4 is 20.8 Å². The van der Waals surface area contributed by atoms with E-state index in [-0.39, 0.29) is 0 Å². The molecule has 1 heterocycles. The minimum Gasteiger partial charge on any atom is -0.379 e. The van der Waals surface area contributed by atoms with Crippen LogP contribution in [0.15, 0.2) is 18.7 Å². The second-order valence-corrected chi connectivity index (χ2v) is 6.07. The minimum absolute atomic E-state index is 0.808. The lowest BCUT2D eigenvalue weighted by Crippen LogP contribution is -2.24. The number of nitrogens with zero attached hydrogens (tertiary/aromatic N) is 3. The maximum absolute atomic E-state index is 11.1. The molecular weight excluding hydrogens is 332 g/mol. The molecule has 124 valence electrons. The zero-order chi connectivity index (χ0) is 16.5. The predicted molar refractivity (Wildman–Crippen MR) is 70.1 cm³/mol. The van der Waals surface area contributed by atoms with Gasteiger partial charge in [0.1, 0.15) is 18.9 Å². The van der Waals surface area contributed by atoms with Crippen LogP contribution in [0.3, 0.4) is 0 Å². The van der Waals surface area contributed by atoms with Gasteiger partial charge >= 0.3 is 0 Å². The monoisotopic (exact) mass is 349 g/mol. The Hall–Kier alpha value is -1.11. The van der Waals surface area contributed by atoms with Crippen LogP contribution in [0.4, 0.5) is 7.77 Å². The number of halogens is 2. The Kier molecular flexibility index (Phi) is 8.54. The van der Waals surface area contributed by atoms with E-state index in [9.17, 15) is 24.6 Å². The van der Waals surface area contributed by atoms with Gasteiger partial charge < -0.3 is 8.86 Å². The summed E-state index contributed by atoms with van der Waals surface area (Å²) in [5.41, 5.74) is 0. The quantitative estimate of drug-likeness (QED) is 0.406. The lowest BCUT2D eigenvalue weighted by atomic mass is 10.5. The van der Waals surface area contributed by atoms with Gasteiger partial charge in [-0.15, -0.1) is 7.77 Å². The van der Waals surface area contributed by atoms with E-state index in [1.165, 1.54) is 0 Å². The van der Waals surface area contributed by atoms with Crippen molar-refractivity contribution in [1.29, 1.82) is 0 Å². The normalized spacial score (nSPS) is 11.8. The van der Waals surface area contributed by atoms with Crippen molar-refractivity contribution < 1.29 is 33.9 Å². The number of aryl methyl sites for hydroxylation is 1. The standard InChI is InChI=1S/C9H17N2O.F2NO4S2/c1-3-7-12-8-6-11-5-4-10(2)9-11;1-8(4,5)3-9(2,6)7/h4-5,9H,3,6-8H2,1-2H3;/q+1;-1. The molecule has 0 saturated heterocycles. The maximum Gasteiger partial charge on any atom is 0.243 e. The van der Waals surface area contributed by atoms with Crippen molar-refractivity contribution in [3.63, 3.8) is 0 Å². The molecule has 1 aromatic rings. The van der Waals surface area contributed by atoms with Crippen LogP contribution in [0.2, 0.25) is 0 Å². The molecule has 0 saturated carbocycles. The van der Waals surface area contributed by atoms with Gasteiger partial charge in [-0.1, -0.05) is 6.92 Å². The molecule has 0 aliphatic rings. The molecule has 0 aromatic carbocycles. The Balaban J connectivity index is 0.000000400. The highest BCUT2D eigenvalue weighted by molar-refractivity contribution is 8.07. The van der Waals surface area contributed by atoms with E-state index in [1.807, 2.05) is 17.8 Å². The molecule has 0 fully saturated rings. The van der Waals surface area contributed by atoms with Gasteiger partial charge in [0.15, 0.2) is 0 Å². The first kappa shape index (κ1) is 19.9. The van der Waals surface area contributed by atoms with Crippen LogP contribution in [0.5, 0.6) is 0 Å². The number of rotatable bonds is 7. The summed E-state index contributed by atoms with van der Waals surface area (Å²) >= 11 is 0. The fourth-order valence-electron chi connectivity index (χ4n) is 1.16. The molecule has 0 spiro atoms. The molecule has 0 radical (unpaired) electrons. The first-order valence-corrected chi connectivity index (χ1v) is 8.44. The molecule has 0 aliphatic carbocycles. The molecule has 0 amide bonds. The molecule has 12 heteroatoms. The van der Waals surface area contributed by atoms with Gasteiger partial charge in [0.25, 0.3) is 0 Å². The van der Waals surface area contributed by atoms with Gasteiger partial charge in [-0.2, -0.15) is 0 Å². The van der Waals surface area contributed by atoms with Crippen LogP contribution in [0.25, 0.3) is 4.13 Å². The fourth-order valence-corrected chi connectivity index (χ4v) is 2.01. The second kappa shape index (κ2) is 9.02. The highest BCUT2D eigenvalue weighted by Gasteiger charge is 2.01. The predicted octanol–water partition coefficient (Wildman–Crippen LogP) is 0.528. The number of imidazole rings is 1. The molecule has 0 N–H and O–H groups in total. The van der Waals surface area contributed by atoms with Crippen molar-refractivity contribution in [3.8, 4) is 0 Å². The van der Waals surface area contributed by atoms with Crippen LogP contribution in [0, 0.1) is 0 Å². The Morgan fingerprint density at radius 2 is 1.76 bits per heavy atom. The van der Waals surface area contributed by atoms with E-state index in [1.54, 1.807) is 0 Å². The third-order valence-electron chi connectivity index (χ3n) is 1.84. The average molecular weight is 349 g/mol. The van der Waals surface area contributed by atoms with Crippen LogP contribution < -0.4 is 4.57 Å². The SMILES string of the molecule is CCCOCCn1cc[n+](C)c1.O=S(=O)(F)[N-]S(=O)(=O)F. The van der Waals surface area contributed by atoms with Crippen molar-refractivity contribution in [2.45, 2.75) is 19.9 Å². The first-order chi connectivity index (χ1) is 9.53. The van der Waals surface area contributed by atoms with E-state index in [0.29, 0.717) is 0 Å². The van der Waals surface area contributed by atoms with Gasteiger partial charge in [0.2, 0.25) is 27.1 Å². The summed E-state index contributed by atoms with van der Waals surface area (Å²) < 4.78 is 69.6. The molecule has 0 aliphatic heterocycles. The third kappa shape index (κ3) is 13.6. The lowest BCUT2D eigenvalue weighted by molar-refractivity contribution is -0.671. The van der Waals surface area contributed by atoms with E-state index >= 15 is 0 Å². The molecule has 0 atom stereocenters. The Morgan fingerprint density at radius 3 is 2.10 bits per heavy atom. The lowest BCUT2D eigenvalue weighted by Gasteiger charge is -2.03. The summed E-state index contributed by atoms with van der Waals surface area (Å²) in [6.07, 6.45) is 7.23. The summed E-state index contributed by atoms with van der Waals surface area (Å²) in [5.74, 6) is 0. The largest absolute Gasteiger partial charge is 0.379 e. The van der Waals surface area contributed by atoms with E-state index in [0.717, 1.165) is 30.3 Å². The summed E-state index contributed by atoms with van der Waals surface area (Å²) in [7, 11) is -9.22. The van der Waals surface area contributed by atoms with Gasteiger partial charge in [-0.05, 0) is 6.42 Å². The van der Waals surface area contributed by atoms with E-state index in [4.69, 9.17) is 4.74 Å². The van der Waals surface area contributed by atoms with Gasteiger partial charge in [0, 0.05) is 6.61 Å². The Morgan fingerprint density at radius 1 is 1.19 bits per heavy atom. The minimum atomic E-state index is -5.62. The van der Waals surface area contributed by atoms with Crippen LogP contribution in [0.1, 0.15) is 13.3 Å². The van der Waals surface area contributed by atoms with E-state index in [2.05, 4.69) is 24.0 Å². The molecule has 1 rings (SSSR count). The summed E-state index contributed by atoms with van der Waals surface area (Å²) in [4.78, 5) is 0. The Labute approximate surface area is 123 Å². The summed E-state index contributed by atoms with van der Waals surface area (Å²) in [5, 5.41) is 0. The third-order valence-corrected chi connectivity index (χ3v) is 3.27. The molecule has 0 unspecified atom stereocenters. The number of ether oxygens (including phenoxy) is 1. The molecular formula is C9H17F2N3O5S2. The second-order valence-electron chi connectivity index (χ2n) is 3.83. The zero-order valence-electron chi connectivity index (χ0n) is 11.5. The molecule has 8 nitrogen and oxygen atoms in total. The number of hydrogen-bond donors (Lipinski definition) is 0. The van der Waals surface area contributed by atoms with Crippen LogP contribution >= 0.6 is 0 Å². The van der Waals surface area contributed by atoms with Crippen molar-refractivity contribution in [1.82, 2.24) is 4.57 Å². The topological polar surface area (TPSA) is 100 Å². The van der Waals surface area contributed by atoms with Crippen molar-refractivity contribution in [2.75, 3.05) is 13.2 Å². The van der Waals surface area contributed by atoms with Crippen LogP contribution in [-0.4, -0.2) is 34.6 Å².